The topological polar surface area (TPSA) is 120 Å². The molecule has 3 aromatic heterocycles. The molecule has 0 bridgehead atoms. The Balaban J connectivity index is 1.22. The maximum absolute atomic E-state index is 12.5. The standard InChI is InChI=1S/C26H24N8O3/c1-26(2)22-18(17-6-4-14(8-20(17)37-26)23-32-29-13-33(23)3)11-28-25(31-22)30-15-9-19-24(27-10-15)36-12-16-5-7-21(35)34(16)19/h4,6,8-11,13,16H,5,7,12H2,1-3H3,(H,28,30,31)/t16-/m0/s1. The van der Waals surface area contributed by atoms with E-state index in [0.29, 0.717) is 36.2 Å². The molecule has 0 spiro atoms. The van der Waals surface area contributed by atoms with Crippen LogP contribution in [0.2, 0.25) is 0 Å². The van der Waals surface area contributed by atoms with Gasteiger partial charge in [-0.3, -0.25) is 4.79 Å². The number of amides is 1. The van der Waals surface area contributed by atoms with Gasteiger partial charge in [-0.25, -0.2) is 15.0 Å². The highest BCUT2D eigenvalue weighted by Crippen LogP contribution is 2.46. The first-order chi connectivity index (χ1) is 17.9. The molecule has 1 amide bonds. The molecule has 37 heavy (non-hydrogen) atoms. The molecule has 1 aromatic carbocycles. The van der Waals surface area contributed by atoms with Crippen LogP contribution in [0.4, 0.5) is 17.3 Å². The molecule has 11 heteroatoms. The van der Waals surface area contributed by atoms with Crippen LogP contribution in [0, 0.1) is 0 Å². The second-order valence-corrected chi connectivity index (χ2v) is 9.99. The molecular weight excluding hydrogens is 472 g/mol. The van der Waals surface area contributed by atoms with E-state index in [-0.39, 0.29) is 11.9 Å². The van der Waals surface area contributed by atoms with Gasteiger partial charge in [0, 0.05) is 36.4 Å². The lowest BCUT2D eigenvalue weighted by Crippen LogP contribution is -2.40. The zero-order valence-corrected chi connectivity index (χ0v) is 20.6. The van der Waals surface area contributed by atoms with Crippen molar-refractivity contribution in [1.82, 2.24) is 29.7 Å². The highest BCUT2D eigenvalue weighted by Gasteiger charge is 2.38. The summed E-state index contributed by atoms with van der Waals surface area (Å²) < 4.78 is 14.1. The van der Waals surface area contributed by atoms with Crippen molar-refractivity contribution in [2.45, 2.75) is 38.3 Å². The fourth-order valence-corrected chi connectivity index (χ4v) is 5.26. The first-order valence-electron chi connectivity index (χ1n) is 12.1. The van der Waals surface area contributed by atoms with Gasteiger partial charge in [0.1, 0.15) is 30.0 Å². The molecule has 0 saturated carbocycles. The van der Waals surface area contributed by atoms with E-state index in [1.165, 1.54) is 0 Å². The minimum atomic E-state index is -0.697. The van der Waals surface area contributed by atoms with Crippen molar-refractivity contribution >= 4 is 23.2 Å². The smallest absolute Gasteiger partial charge is 0.238 e. The second kappa shape index (κ2) is 7.73. The van der Waals surface area contributed by atoms with Crippen molar-refractivity contribution in [1.29, 1.82) is 0 Å². The van der Waals surface area contributed by atoms with Gasteiger partial charge in [-0.15, -0.1) is 10.2 Å². The number of ether oxygens (including phenoxy) is 2. The van der Waals surface area contributed by atoms with Crippen LogP contribution < -0.4 is 19.7 Å². The SMILES string of the molecule is Cn1cnnc1-c1ccc2c(c1)OC(C)(C)c1nc(Nc3cnc4c(c3)N3C(=O)CC[C@H]3CO4)ncc1-2. The zero-order chi connectivity index (χ0) is 25.3. The molecule has 1 atom stereocenters. The van der Waals surface area contributed by atoms with E-state index >= 15 is 0 Å². The maximum atomic E-state index is 12.5. The van der Waals surface area contributed by atoms with E-state index in [1.54, 1.807) is 17.4 Å². The first-order valence-corrected chi connectivity index (χ1v) is 12.1. The predicted octanol–water partition coefficient (Wildman–Crippen LogP) is 3.59. The number of carbonyl (C=O) groups excluding carboxylic acids is 1. The number of anilines is 3. The average Bonchev–Trinajstić information content (AvgIpc) is 3.49. The fourth-order valence-electron chi connectivity index (χ4n) is 5.26. The second-order valence-electron chi connectivity index (χ2n) is 9.99. The van der Waals surface area contributed by atoms with E-state index in [4.69, 9.17) is 14.5 Å². The molecule has 0 aliphatic carbocycles. The van der Waals surface area contributed by atoms with E-state index in [0.717, 1.165) is 40.4 Å². The number of benzene rings is 1. The van der Waals surface area contributed by atoms with Gasteiger partial charge in [0.05, 0.1) is 23.6 Å². The maximum Gasteiger partial charge on any atom is 0.238 e. The third-order valence-electron chi connectivity index (χ3n) is 7.05. The number of pyridine rings is 1. The number of rotatable bonds is 3. The van der Waals surface area contributed by atoms with Gasteiger partial charge in [-0.1, -0.05) is 6.07 Å². The van der Waals surface area contributed by atoms with Crippen molar-refractivity contribution in [3.63, 3.8) is 0 Å². The predicted molar refractivity (Wildman–Crippen MR) is 135 cm³/mol. The molecule has 0 radical (unpaired) electrons. The number of hydrogen-bond acceptors (Lipinski definition) is 9. The molecular formula is C26H24N8O3. The van der Waals surface area contributed by atoms with Crippen LogP contribution in [0.3, 0.4) is 0 Å². The van der Waals surface area contributed by atoms with Gasteiger partial charge in [0.25, 0.3) is 0 Å². The summed E-state index contributed by atoms with van der Waals surface area (Å²) in [6.07, 6.45) is 6.46. The monoisotopic (exact) mass is 496 g/mol. The van der Waals surface area contributed by atoms with Crippen LogP contribution in [0.15, 0.2) is 43.0 Å². The summed E-state index contributed by atoms with van der Waals surface area (Å²) in [6.45, 7) is 4.44. The third-order valence-corrected chi connectivity index (χ3v) is 7.05. The van der Waals surface area contributed by atoms with Crippen LogP contribution in [0.5, 0.6) is 11.6 Å². The minimum Gasteiger partial charge on any atom is -0.481 e. The zero-order valence-electron chi connectivity index (χ0n) is 20.6. The number of hydrogen-bond donors (Lipinski definition) is 1. The third kappa shape index (κ3) is 3.41. The van der Waals surface area contributed by atoms with Gasteiger partial charge in [-0.2, -0.15) is 0 Å². The number of nitrogens with zero attached hydrogens (tertiary/aromatic N) is 7. The lowest BCUT2D eigenvalue weighted by molar-refractivity contribution is -0.117. The summed E-state index contributed by atoms with van der Waals surface area (Å²) in [6, 6.07) is 7.90. The van der Waals surface area contributed by atoms with Crippen molar-refractivity contribution in [3.05, 3.63) is 48.7 Å². The van der Waals surface area contributed by atoms with Crippen molar-refractivity contribution in [3.8, 4) is 34.1 Å². The molecule has 186 valence electrons. The largest absolute Gasteiger partial charge is 0.481 e. The van der Waals surface area contributed by atoms with Gasteiger partial charge >= 0.3 is 0 Å². The molecule has 4 aromatic rings. The number of aromatic nitrogens is 6. The highest BCUT2D eigenvalue weighted by molar-refractivity contribution is 5.98. The van der Waals surface area contributed by atoms with Crippen LogP contribution in [-0.4, -0.2) is 48.3 Å². The summed E-state index contributed by atoms with van der Waals surface area (Å²) in [5.74, 6) is 2.48. The van der Waals surface area contributed by atoms with Gasteiger partial charge in [-0.05, 0) is 38.5 Å². The van der Waals surface area contributed by atoms with E-state index in [1.807, 2.05) is 55.9 Å². The summed E-state index contributed by atoms with van der Waals surface area (Å²) in [4.78, 5) is 28.1. The van der Waals surface area contributed by atoms with Crippen LogP contribution >= 0.6 is 0 Å². The van der Waals surface area contributed by atoms with Crippen LogP contribution in [0.1, 0.15) is 32.4 Å². The van der Waals surface area contributed by atoms with Crippen molar-refractivity contribution < 1.29 is 14.3 Å². The normalized spacial score (nSPS) is 18.7. The molecule has 6 heterocycles. The Bertz CT molecular complexity index is 1580. The van der Waals surface area contributed by atoms with Crippen molar-refractivity contribution in [2.24, 2.45) is 7.05 Å². The number of aryl methyl sites for hydroxylation is 1. The van der Waals surface area contributed by atoms with Crippen molar-refractivity contribution in [2.75, 3.05) is 16.8 Å². The number of carbonyl (C=O) groups is 1. The van der Waals surface area contributed by atoms with E-state index < -0.39 is 5.60 Å². The number of fused-ring (bicyclic) bond motifs is 6. The number of nitrogens with one attached hydrogen (secondary N) is 1. The molecule has 3 aliphatic heterocycles. The minimum absolute atomic E-state index is 0.0595. The van der Waals surface area contributed by atoms with E-state index in [9.17, 15) is 4.79 Å². The average molecular weight is 497 g/mol. The molecule has 0 unspecified atom stereocenters. The fraction of sp³-hybridized carbons (Fsp3) is 0.308. The molecule has 11 nitrogen and oxygen atoms in total. The summed E-state index contributed by atoms with van der Waals surface area (Å²) in [5.41, 5.74) is 4.16. The molecule has 3 aliphatic rings. The van der Waals surface area contributed by atoms with Crippen LogP contribution in [0.25, 0.3) is 22.5 Å². The Morgan fingerprint density at radius 2 is 2.03 bits per heavy atom. The Morgan fingerprint density at radius 3 is 2.86 bits per heavy atom. The van der Waals surface area contributed by atoms with Gasteiger partial charge < -0.3 is 24.3 Å². The molecule has 1 N–H and O–H groups in total. The highest BCUT2D eigenvalue weighted by atomic mass is 16.5. The molecule has 1 fully saturated rings. The lowest BCUT2D eigenvalue weighted by atomic mass is 9.91. The Kier molecular flexibility index (Phi) is 4.54. The lowest BCUT2D eigenvalue weighted by Gasteiger charge is -2.34. The van der Waals surface area contributed by atoms with Gasteiger partial charge in [0.15, 0.2) is 5.82 Å². The Labute approximate surface area is 212 Å². The van der Waals surface area contributed by atoms with E-state index in [2.05, 4.69) is 25.5 Å². The Hall–Kier alpha value is -4.54. The summed E-state index contributed by atoms with van der Waals surface area (Å²) >= 11 is 0. The Morgan fingerprint density at radius 1 is 1.14 bits per heavy atom. The summed E-state index contributed by atoms with van der Waals surface area (Å²) in [5, 5.41) is 11.4. The van der Waals surface area contributed by atoms with Crippen LogP contribution in [-0.2, 0) is 17.4 Å². The first kappa shape index (κ1) is 21.7. The summed E-state index contributed by atoms with van der Waals surface area (Å²) in [7, 11) is 1.91. The quantitative estimate of drug-likeness (QED) is 0.454. The molecule has 1 saturated heterocycles. The molecule has 7 rings (SSSR count). The van der Waals surface area contributed by atoms with Gasteiger partial charge in [0.2, 0.25) is 17.7 Å².